The van der Waals surface area contributed by atoms with E-state index in [1.54, 1.807) is 0 Å². The van der Waals surface area contributed by atoms with Crippen molar-refractivity contribution < 1.29 is 9.47 Å². The molecule has 0 bridgehead atoms. The minimum absolute atomic E-state index is 0.794. The van der Waals surface area contributed by atoms with Gasteiger partial charge in [-0.15, -0.1) is 11.3 Å². The highest BCUT2D eigenvalue weighted by atomic mass is 32.1. The second-order valence-corrected chi connectivity index (χ2v) is 10.0. The molecule has 2 aliphatic rings. The van der Waals surface area contributed by atoms with Crippen LogP contribution in [0.1, 0.15) is 38.5 Å². The average molecular weight is 439 g/mol. The van der Waals surface area contributed by atoms with Gasteiger partial charge in [0.05, 0.1) is 13.2 Å². The zero-order valence-corrected chi connectivity index (χ0v) is 19.3. The van der Waals surface area contributed by atoms with Gasteiger partial charge in [-0.25, -0.2) is 0 Å². The lowest BCUT2D eigenvalue weighted by atomic mass is 10.1. The Balaban J connectivity index is 1.16. The van der Waals surface area contributed by atoms with Crippen LogP contribution in [0.3, 0.4) is 0 Å². The minimum Gasteiger partial charge on any atom is -0.493 e. The fourth-order valence-electron chi connectivity index (χ4n) is 4.89. The first-order valence-corrected chi connectivity index (χ1v) is 12.8. The Bertz CT molecular complexity index is 911. The predicted octanol–water partition coefficient (Wildman–Crippen LogP) is 5.78. The molecule has 0 amide bonds. The number of likely N-dealkylation sites (tertiary alicyclic amines) is 2. The summed E-state index contributed by atoms with van der Waals surface area (Å²) in [5.74, 6) is 1.97. The first kappa shape index (κ1) is 21.0. The number of thiophene rings is 1. The van der Waals surface area contributed by atoms with Crippen LogP contribution >= 0.6 is 11.3 Å². The average Bonchev–Trinajstić information content (AvgIpc) is 3.55. The molecule has 4 nitrogen and oxygen atoms in total. The van der Waals surface area contributed by atoms with Gasteiger partial charge in [-0.1, -0.05) is 0 Å². The van der Waals surface area contributed by atoms with Crippen molar-refractivity contribution in [1.82, 2.24) is 9.80 Å². The van der Waals surface area contributed by atoms with Crippen molar-refractivity contribution in [2.24, 2.45) is 0 Å². The summed E-state index contributed by atoms with van der Waals surface area (Å²) in [6, 6.07) is 13.1. The quantitative estimate of drug-likeness (QED) is 0.374. The first-order valence-electron chi connectivity index (χ1n) is 12.0. The maximum Gasteiger partial charge on any atom is 0.120 e. The maximum absolute atomic E-state index is 6.05. The summed E-state index contributed by atoms with van der Waals surface area (Å²) in [7, 11) is 0. The highest BCUT2D eigenvalue weighted by Gasteiger charge is 2.12. The lowest BCUT2D eigenvalue weighted by Gasteiger charge is -2.14. The Morgan fingerprint density at radius 3 is 1.55 bits per heavy atom. The van der Waals surface area contributed by atoms with Crippen molar-refractivity contribution in [1.29, 1.82) is 0 Å². The first-order chi connectivity index (χ1) is 15.3. The normalized spacial score (nSPS) is 17.8. The summed E-state index contributed by atoms with van der Waals surface area (Å²) in [6.07, 6.45) is 7.62. The summed E-state index contributed by atoms with van der Waals surface area (Å²) in [5.41, 5.74) is 0. The second kappa shape index (κ2) is 10.2. The SMILES string of the molecule is c1cc2c(cc1OCCCN1CCCC1)sc1cc(OCCCN3CCCC3)ccc12. The molecule has 0 aliphatic carbocycles. The molecule has 2 aromatic carbocycles. The monoisotopic (exact) mass is 438 g/mol. The molecule has 2 saturated heterocycles. The van der Waals surface area contributed by atoms with E-state index in [9.17, 15) is 0 Å². The molecule has 0 unspecified atom stereocenters. The van der Waals surface area contributed by atoms with Gasteiger partial charge in [0.2, 0.25) is 0 Å². The molecule has 2 aliphatic heterocycles. The molecule has 5 rings (SSSR count). The zero-order chi connectivity index (χ0) is 20.9. The van der Waals surface area contributed by atoms with Crippen molar-refractivity contribution in [3.8, 4) is 11.5 Å². The van der Waals surface area contributed by atoms with Crippen LogP contribution in [0.25, 0.3) is 20.2 Å². The van der Waals surface area contributed by atoms with E-state index in [1.807, 2.05) is 11.3 Å². The van der Waals surface area contributed by atoms with Crippen LogP contribution in [0.15, 0.2) is 36.4 Å². The van der Waals surface area contributed by atoms with Crippen LogP contribution in [-0.4, -0.2) is 62.3 Å². The Hall–Kier alpha value is -1.82. The van der Waals surface area contributed by atoms with Crippen molar-refractivity contribution in [2.75, 3.05) is 52.5 Å². The Morgan fingerprint density at radius 2 is 1.10 bits per heavy atom. The summed E-state index contributed by atoms with van der Waals surface area (Å²) in [4.78, 5) is 5.09. The maximum atomic E-state index is 6.05. The zero-order valence-electron chi connectivity index (χ0n) is 18.5. The van der Waals surface area contributed by atoms with Gasteiger partial charge in [0.25, 0.3) is 0 Å². The number of hydrogen-bond acceptors (Lipinski definition) is 5. The number of ether oxygens (including phenoxy) is 2. The van der Waals surface area contributed by atoms with Crippen LogP contribution in [0.5, 0.6) is 11.5 Å². The van der Waals surface area contributed by atoms with Gasteiger partial charge in [0, 0.05) is 33.3 Å². The van der Waals surface area contributed by atoms with Gasteiger partial charge in [-0.05, 0) is 101 Å². The highest BCUT2D eigenvalue weighted by Crippen LogP contribution is 2.37. The van der Waals surface area contributed by atoms with Gasteiger partial charge in [0.15, 0.2) is 0 Å². The number of fused-ring (bicyclic) bond motifs is 3. The summed E-state index contributed by atoms with van der Waals surface area (Å²) in [6.45, 7) is 8.95. The molecule has 3 aromatic rings. The van der Waals surface area contributed by atoms with Gasteiger partial charge in [-0.3, -0.25) is 0 Å². The van der Waals surface area contributed by atoms with E-state index in [0.717, 1.165) is 50.6 Å². The number of rotatable bonds is 10. The molecule has 0 saturated carbocycles. The van der Waals surface area contributed by atoms with E-state index in [2.05, 4.69) is 46.2 Å². The Kier molecular flexibility index (Phi) is 6.92. The molecule has 166 valence electrons. The molecular formula is C26H34N2O2S. The van der Waals surface area contributed by atoms with Gasteiger partial charge in [-0.2, -0.15) is 0 Å². The van der Waals surface area contributed by atoms with E-state index in [4.69, 9.17) is 9.47 Å². The molecule has 0 N–H and O–H groups in total. The molecule has 0 radical (unpaired) electrons. The second-order valence-electron chi connectivity index (χ2n) is 8.92. The molecule has 2 fully saturated rings. The van der Waals surface area contributed by atoms with Crippen LogP contribution in [-0.2, 0) is 0 Å². The van der Waals surface area contributed by atoms with E-state index >= 15 is 0 Å². The van der Waals surface area contributed by atoms with Gasteiger partial charge < -0.3 is 19.3 Å². The lowest BCUT2D eigenvalue weighted by Crippen LogP contribution is -2.21. The molecule has 0 atom stereocenters. The molecule has 1 aromatic heterocycles. The van der Waals surface area contributed by atoms with Crippen LogP contribution in [0.2, 0.25) is 0 Å². The summed E-state index contributed by atoms with van der Waals surface area (Å²) in [5, 5.41) is 2.62. The van der Waals surface area contributed by atoms with Crippen molar-refractivity contribution in [2.45, 2.75) is 38.5 Å². The lowest BCUT2D eigenvalue weighted by molar-refractivity contribution is 0.263. The van der Waals surface area contributed by atoms with E-state index in [1.165, 1.54) is 72.0 Å². The third-order valence-corrected chi connectivity index (χ3v) is 7.70. The number of nitrogens with zero attached hydrogens (tertiary/aromatic N) is 2. The molecule has 3 heterocycles. The predicted molar refractivity (Wildman–Crippen MR) is 131 cm³/mol. The number of benzene rings is 2. The number of hydrogen-bond donors (Lipinski definition) is 0. The largest absolute Gasteiger partial charge is 0.493 e. The standard InChI is InChI=1S/C26H34N2O2S/c1-2-12-27(11-1)15-5-17-29-21-7-9-23-24-10-8-22(20-26(24)31-25(23)19-21)30-18-6-16-28-13-3-4-14-28/h7-10,19-20H,1-6,11-18H2. The van der Waals surface area contributed by atoms with Crippen LogP contribution < -0.4 is 9.47 Å². The van der Waals surface area contributed by atoms with E-state index in [0.29, 0.717) is 0 Å². The Labute approximate surface area is 189 Å². The smallest absolute Gasteiger partial charge is 0.120 e. The van der Waals surface area contributed by atoms with Gasteiger partial charge >= 0.3 is 0 Å². The molecule has 5 heteroatoms. The fourth-order valence-corrected chi connectivity index (χ4v) is 6.05. The molecule has 0 spiro atoms. The van der Waals surface area contributed by atoms with Crippen LogP contribution in [0, 0.1) is 0 Å². The van der Waals surface area contributed by atoms with Crippen molar-refractivity contribution >= 4 is 31.5 Å². The summed E-state index contributed by atoms with van der Waals surface area (Å²) >= 11 is 1.83. The Morgan fingerprint density at radius 1 is 0.645 bits per heavy atom. The van der Waals surface area contributed by atoms with E-state index in [-0.39, 0.29) is 0 Å². The van der Waals surface area contributed by atoms with Crippen molar-refractivity contribution in [3.63, 3.8) is 0 Å². The topological polar surface area (TPSA) is 24.9 Å². The fraction of sp³-hybridized carbons (Fsp3) is 0.538. The third-order valence-electron chi connectivity index (χ3n) is 6.59. The summed E-state index contributed by atoms with van der Waals surface area (Å²) < 4.78 is 14.7. The van der Waals surface area contributed by atoms with Crippen molar-refractivity contribution in [3.05, 3.63) is 36.4 Å². The third kappa shape index (κ3) is 5.33. The highest BCUT2D eigenvalue weighted by molar-refractivity contribution is 7.25. The molecular weight excluding hydrogens is 404 g/mol. The minimum atomic E-state index is 0.794. The molecule has 31 heavy (non-hydrogen) atoms. The van der Waals surface area contributed by atoms with E-state index < -0.39 is 0 Å². The van der Waals surface area contributed by atoms with Crippen LogP contribution in [0.4, 0.5) is 0 Å². The van der Waals surface area contributed by atoms with Gasteiger partial charge in [0.1, 0.15) is 11.5 Å².